The Labute approximate surface area is 192 Å². The molecule has 1 fully saturated rings. The molecule has 3 N–H and O–H groups in total. The van der Waals surface area contributed by atoms with Gasteiger partial charge in [0, 0.05) is 20.3 Å². The van der Waals surface area contributed by atoms with Crippen molar-refractivity contribution in [2.45, 2.75) is 50.9 Å². The zero-order chi connectivity index (χ0) is 24.6. The van der Waals surface area contributed by atoms with E-state index in [0.29, 0.717) is 13.0 Å². The normalized spacial score (nSPS) is 19.9. The van der Waals surface area contributed by atoms with Crippen LogP contribution in [-0.2, 0) is 28.6 Å². The van der Waals surface area contributed by atoms with Gasteiger partial charge in [-0.3, -0.25) is 19.2 Å². The fourth-order valence-corrected chi connectivity index (χ4v) is 3.13. The van der Waals surface area contributed by atoms with Gasteiger partial charge < -0.3 is 34.7 Å². The summed E-state index contributed by atoms with van der Waals surface area (Å²) in [7, 11) is 2.74. The largest absolute Gasteiger partial charge is 0.382 e. The number of hydrogen-bond acceptors (Lipinski definition) is 9. The zero-order valence-electron chi connectivity index (χ0n) is 19.5. The predicted molar refractivity (Wildman–Crippen MR) is 114 cm³/mol. The van der Waals surface area contributed by atoms with E-state index in [1.54, 1.807) is 6.92 Å². The molecule has 2 heterocycles. The minimum Gasteiger partial charge on any atom is -0.382 e. The molecular formula is C21H32N4O8. The zero-order valence-corrected chi connectivity index (χ0v) is 19.5. The van der Waals surface area contributed by atoms with Crippen molar-refractivity contribution in [3.63, 3.8) is 0 Å². The minimum absolute atomic E-state index is 0.0130. The number of ether oxygens (including phenoxy) is 3. The average molecular weight is 469 g/mol. The second-order valence-corrected chi connectivity index (χ2v) is 8.46. The third-order valence-electron chi connectivity index (χ3n) is 5.03. The van der Waals surface area contributed by atoms with E-state index in [1.807, 2.05) is 13.8 Å². The highest BCUT2D eigenvalue weighted by Gasteiger charge is 2.50. The number of carbonyl (C=O) groups is 4. The molecule has 0 spiro atoms. The first-order chi connectivity index (χ1) is 15.6. The number of nitrogens with zero attached hydrogens (tertiary/aromatic N) is 1. The maximum Gasteiger partial charge on any atom is 0.274 e. The van der Waals surface area contributed by atoms with Gasteiger partial charge in [0.05, 0.1) is 25.9 Å². The summed E-state index contributed by atoms with van der Waals surface area (Å²) in [5, 5.41) is 11.3. The van der Waals surface area contributed by atoms with Crippen LogP contribution >= 0.6 is 0 Å². The lowest BCUT2D eigenvalue weighted by Gasteiger charge is -2.26. The van der Waals surface area contributed by atoms with Gasteiger partial charge in [-0.15, -0.1) is 0 Å². The monoisotopic (exact) mass is 468 g/mol. The number of amides is 3. The van der Waals surface area contributed by atoms with E-state index >= 15 is 0 Å². The standard InChI is InChI=1S/C21H32N4O8/c1-12(2)8-14(17(26)21(3)11-32-21)22-19(28)15(9-30-4)24-20(29)16(10-31-5)23-18(27)13-6-7-33-25-13/h6-7,12,14-16H,8-11H2,1-5H3,(H,22,28)(H,23,27)(H,24,29)/t14?,15-,16?,21?/m0/s1. The van der Waals surface area contributed by atoms with Crippen molar-refractivity contribution in [2.24, 2.45) is 5.92 Å². The van der Waals surface area contributed by atoms with Crippen LogP contribution in [0.15, 0.2) is 16.9 Å². The number of epoxide rings is 1. The van der Waals surface area contributed by atoms with Gasteiger partial charge in [0.1, 0.15) is 23.9 Å². The van der Waals surface area contributed by atoms with Crippen molar-refractivity contribution in [2.75, 3.05) is 34.0 Å². The summed E-state index contributed by atoms with van der Waals surface area (Å²) >= 11 is 0. The maximum absolute atomic E-state index is 13.0. The molecule has 0 bridgehead atoms. The molecule has 12 heteroatoms. The summed E-state index contributed by atoms with van der Waals surface area (Å²) in [5.74, 6) is -1.99. The van der Waals surface area contributed by atoms with E-state index in [4.69, 9.17) is 14.2 Å². The van der Waals surface area contributed by atoms with Crippen LogP contribution in [0, 0.1) is 5.92 Å². The van der Waals surface area contributed by atoms with E-state index in [-0.39, 0.29) is 30.6 Å². The van der Waals surface area contributed by atoms with Crippen molar-refractivity contribution >= 4 is 23.5 Å². The van der Waals surface area contributed by atoms with E-state index in [1.165, 1.54) is 26.5 Å². The predicted octanol–water partition coefficient (Wildman–Crippen LogP) is -0.560. The average Bonchev–Trinajstić information content (AvgIpc) is 3.27. The highest BCUT2D eigenvalue weighted by Crippen LogP contribution is 2.29. The second-order valence-electron chi connectivity index (χ2n) is 8.46. The van der Waals surface area contributed by atoms with Gasteiger partial charge >= 0.3 is 0 Å². The van der Waals surface area contributed by atoms with Gasteiger partial charge in [0.25, 0.3) is 5.91 Å². The van der Waals surface area contributed by atoms with E-state index in [2.05, 4.69) is 25.6 Å². The van der Waals surface area contributed by atoms with Gasteiger partial charge in [0.15, 0.2) is 11.5 Å². The van der Waals surface area contributed by atoms with Crippen LogP contribution in [0.5, 0.6) is 0 Å². The quantitative estimate of drug-likeness (QED) is 0.304. The molecule has 4 atom stereocenters. The number of carbonyl (C=O) groups excluding carboxylic acids is 4. The molecule has 0 saturated carbocycles. The second kappa shape index (κ2) is 11.9. The molecule has 1 aromatic heterocycles. The number of rotatable bonds is 14. The Bertz CT molecular complexity index is 822. The van der Waals surface area contributed by atoms with Crippen LogP contribution in [-0.4, -0.2) is 86.4 Å². The van der Waals surface area contributed by atoms with Gasteiger partial charge in [-0.1, -0.05) is 19.0 Å². The smallest absolute Gasteiger partial charge is 0.274 e. The SMILES string of the molecule is COCC(NC(=O)c1ccon1)C(=O)N[C@@H](COC)C(=O)NC(CC(C)C)C(=O)C1(C)CO1. The Balaban J connectivity index is 2.07. The molecule has 0 aromatic carbocycles. The third kappa shape index (κ3) is 7.62. The van der Waals surface area contributed by atoms with Crippen LogP contribution in [0.4, 0.5) is 0 Å². The molecule has 0 aliphatic carbocycles. The Morgan fingerprint density at radius 2 is 1.58 bits per heavy atom. The first kappa shape index (κ1) is 26.4. The Hall–Kier alpha value is -2.83. The molecule has 12 nitrogen and oxygen atoms in total. The number of methoxy groups -OCH3 is 2. The highest BCUT2D eigenvalue weighted by molar-refractivity contribution is 5.99. The molecule has 33 heavy (non-hydrogen) atoms. The number of aromatic nitrogens is 1. The molecule has 184 valence electrons. The van der Waals surface area contributed by atoms with Crippen LogP contribution < -0.4 is 16.0 Å². The number of hydrogen-bond donors (Lipinski definition) is 3. The summed E-state index contributed by atoms with van der Waals surface area (Å²) < 4.78 is 20.0. The summed E-state index contributed by atoms with van der Waals surface area (Å²) in [4.78, 5) is 50.8. The molecule has 1 aliphatic rings. The van der Waals surface area contributed by atoms with Crippen LogP contribution in [0.3, 0.4) is 0 Å². The molecule has 0 radical (unpaired) electrons. The molecular weight excluding hydrogens is 436 g/mol. The van der Waals surface area contributed by atoms with Crippen LogP contribution in [0.1, 0.15) is 37.7 Å². The lowest BCUT2D eigenvalue weighted by atomic mass is 9.93. The Kier molecular flexibility index (Phi) is 9.50. The molecule has 1 aliphatic heterocycles. The van der Waals surface area contributed by atoms with Crippen molar-refractivity contribution in [3.05, 3.63) is 18.0 Å². The molecule has 3 unspecified atom stereocenters. The first-order valence-corrected chi connectivity index (χ1v) is 10.6. The van der Waals surface area contributed by atoms with E-state index in [0.717, 1.165) is 0 Å². The van der Waals surface area contributed by atoms with Crippen molar-refractivity contribution in [1.82, 2.24) is 21.1 Å². The summed E-state index contributed by atoms with van der Waals surface area (Å²) in [5.41, 5.74) is -0.914. The highest BCUT2D eigenvalue weighted by atomic mass is 16.6. The van der Waals surface area contributed by atoms with Crippen LogP contribution in [0.2, 0.25) is 0 Å². The lowest BCUT2D eigenvalue weighted by molar-refractivity contribution is -0.134. The van der Waals surface area contributed by atoms with Gasteiger partial charge in [0.2, 0.25) is 11.8 Å². The number of ketones is 1. The minimum atomic E-state index is -1.11. The molecule has 2 rings (SSSR count). The molecule has 1 saturated heterocycles. The molecule has 3 amide bonds. The summed E-state index contributed by atoms with van der Waals surface area (Å²) in [6, 6.07) is -1.66. The first-order valence-electron chi connectivity index (χ1n) is 10.6. The van der Waals surface area contributed by atoms with Crippen molar-refractivity contribution < 1.29 is 37.9 Å². The van der Waals surface area contributed by atoms with Crippen molar-refractivity contribution in [3.8, 4) is 0 Å². The third-order valence-corrected chi connectivity index (χ3v) is 5.03. The topological polar surface area (TPSA) is 161 Å². The summed E-state index contributed by atoms with van der Waals surface area (Å²) in [6.07, 6.45) is 1.64. The maximum atomic E-state index is 13.0. The van der Waals surface area contributed by atoms with E-state index < -0.39 is 41.4 Å². The van der Waals surface area contributed by atoms with E-state index in [9.17, 15) is 19.2 Å². The Morgan fingerprint density at radius 3 is 2.03 bits per heavy atom. The van der Waals surface area contributed by atoms with Gasteiger partial charge in [-0.2, -0.15) is 0 Å². The fraction of sp³-hybridized carbons (Fsp3) is 0.667. The Morgan fingerprint density at radius 1 is 1.03 bits per heavy atom. The number of Topliss-reactive ketones (excluding diaryl/α,β-unsaturated/α-hetero) is 1. The van der Waals surface area contributed by atoms with Gasteiger partial charge in [-0.05, 0) is 19.3 Å². The fourth-order valence-electron chi connectivity index (χ4n) is 3.13. The van der Waals surface area contributed by atoms with Gasteiger partial charge in [-0.25, -0.2) is 0 Å². The lowest BCUT2D eigenvalue weighted by Crippen LogP contribution is -2.58. The summed E-state index contributed by atoms with van der Waals surface area (Å²) in [6.45, 7) is 5.55. The molecule has 1 aromatic rings. The van der Waals surface area contributed by atoms with Crippen molar-refractivity contribution in [1.29, 1.82) is 0 Å². The van der Waals surface area contributed by atoms with Crippen LogP contribution in [0.25, 0.3) is 0 Å². The number of nitrogens with one attached hydrogen (secondary N) is 3.